The van der Waals surface area contributed by atoms with E-state index in [2.05, 4.69) is 25.8 Å². The van der Waals surface area contributed by atoms with Gasteiger partial charge in [-0.3, -0.25) is 4.79 Å². The molecule has 1 aromatic rings. The number of nitrogens with zero attached hydrogens (tertiary/aromatic N) is 1. The van der Waals surface area contributed by atoms with Gasteiger partial charge in [-0.2, -0.15) is 0 Å². The maximum Gasteiger partial charge on any atom is 0.311 e. The monoisotopic (exact) mass is 270 g/mol. The summed E-state index contributed by atoms with van der Waals surface area (Å²) in [5, 5.41) is 12.2. The first-order valence-electron chi connectivity index (χ1n) is 6.13. The van der Waals surface area contributed by atoms with E-state index in [1.54, 1.807) is 0 Å². The minimum Gasteiger partial charge on any atom is -0.481 e. The standard InChI is InChI=1S/C13H22N2O2S/c1-5-13(8-14,11(16)17)6-10-15-9(7-18-10)12(2,3)4/h7H,5-6,8,14H2,1-4H3,(H,16,17). The average Bonchev–Trinajstić information content (AvgIpc) is 2.73. The predicted molar refractivity (Wildman–Crippen MR) is 73.9 cm³/mol. The van der Waals surface area contributed by atoms with Gasteiger partial charge in [-0.15, -0.1) is 11.3 Å². The SMILES string of the molecule is CCC(CN)(Cc1nc(C(C)(C)C)cs1)C(=O)O. The van der Waals surface area contributed by atoms with E-state index in [4.69, 9.17) is 5.73 Å². The number of hydrogen-bond donors (Lipinski definition) is 2. The summed E-state index contributed by atoms with van der Waals surface area (Å²) in [6.45, 7) is 8.29. The first-order valence-corrected chi connectivity index (χ1v) is 7.01. The Morgan fingerprint density at radius 1 is 1.50 bits per heavy atom. The van der Waals surface area contributed by atoms with Gasteiger partial charge in [0.2, 0.25) is 0 Å². The summed E-state index contributed by atoms with van der Waals surface area (Å²) in [5.41, 5.74) is 5.78. The highest BCUT2D eigenvalue weighted by Crippen LogP contribution is 2.30. The van der Waals surface area contributed by atoms with Crippen LogP contribution in [0, 0.1) is 5.41 Å². The number of carbonyl (C=O) groups is 1. The molecule has 1 unspecified atom stereocenters. The van der Waals surface area contributed by atoms with Crippen molar-refractivity contribution in [1.82, 2.24) is 4.98 Å². The van der Waals surface area contributed by atoms with Gasteiger partial charge in [0.1, 0.15) is 0 Å². The van der Waals surface area contributed by atoms with Crippen molar-refractivity contribution in [2.45, 2.75) is 46.0 Å². The topological polar surface area (TPSA) is 76.2 Å². The smallest absolute Gasteiger partial charge is 0.311 e. The van der Waals surface area contributed by atoms with Crippen molar-refractivity contribution < 1.29 is 9.90 Å². The fraction of sp³-hybridized carbons (Fsp3) is 0.692. The molecule has 0 aliphatic heterocycles. The maximum atomic E-state index is 11.4. The second kappa shape index (κ2) is 5.36. The first kappa shape index (κ1) is 15.1. The Balaban J connectivity index is 2.96. The third-order valence-electron chi connectivity index (χ3n) is 3.33. The third-order valence-corrected chi connectivity index (χ3v) is 4.18. The largest absolute Gasteiger partial charge is 0.481 e. The van der Waals surface area contributed by atoms with Crippen molar-refractivity contribution in [3.8, 4) is 0 Å². The van der Waals surface area contributed by atoms with Crippen LogP contribution in [0.2, 0.25) is 0 Å². The molecule has 1 heterocycles. The van der Waals surface area contributed by atoms with Gasteiger partial charge >= 0.3 is 5.97 Å². The Hall–Kier alpha value is -0.940. The van der Waals surface area contributed by atoms with E-state index in [0.717, 1.165) is 10.7 Å². The molecule has 0 aliphatic carbocycles. The number of hydrogen-bond acceptors (Lipinski definition) is 4. The van der Waals surface area contributed by atoms with Gasteiger partial charge in [-0.25, -0.2) is 4.98 Å². The molecule has 1 aromatic heterocycles. The lowest BCUT2D eigenvalue weighted by Gasteiger charge is -2.25. The Kier molecular flexibility index (Phi) is 4.50. The molecular weight excluding hydrogens is 248 g/mol. The third kappa shape index (κ3) is 3.09. The molecule has 0 amide bonds. The summed E-state index contributed by atoms with van der Waals surface area (Å²) in [6, 6.07) is 0. The number of carboxylic acid groups (broad SMARTS) is 1. The summed E-state index contributed by atoms with van der Waals surface area (Å²) >= 11 is 1.52. The molecule has 0 fully saturated rings. The second-order valence-corrected chi connectivity index (χ2v) is 6.64. The van der Waals surface area contributed by atoms with Crippen molar-refractivity contribution in [2.24, 2.45) is 11.1 Å². The average molecular weight is 270 g/mol. The normalized spacial score (nSPS) is 15.4. The van der Waals surface area contributed by atoms with E-state index in [1.165, 1.54) is 11.3 Å². The Bertz CT molecular complexity index is 417. The number of aromatic nitrogens is 1. The van der Waals surface area contributed by atoms with Gasteiger partial charge in [0.05, 0.1) is 16.1 Å². The number of carboxylic acids is 1. The molecule has 0 spiro atoms. The molecule has 102 valence electrons. The Morgan fingerprint density at radius 2 is 2.11 bits per heavy atom. The Morgan fingerprint density at radius 3 is 2.44 bits per heavy atom. The summed E-state index contributed by atoms with van der Waals surface area (Å²) in [4.78, 5) is 15.9. The molecule has 0 saturated carbocycles. The molecule has 0 bridgehead atoms. The van der Waals surface area contributed by atoms with Crippen LogP contribution in [0.1, 0.15) is 44.8 Å². The van der Waals surface area contributed by atoms with Gasteiger partial charge in [0.25, 0.3) is 0 Å². The Labute approximate surface area is 112 Å². The van der Waals surface area contributed by atoms with Gasteiger partial charge in [-0.1, -0.05) is 27.7 Å². The van der Waals surface area contributed by atoms with Crippen LogP contribution < -0.4 is 5.73 Å². The minimum atomic E-state index is -0.882. The molecule has 0 radical (unpaired) electrons. The molecule has 1 rings (SSSR count). The molecule has 4 nitrogen and oxygen atoms in total. The maximum absolute atomic E-state index is 11.4. The highest BCUT2D eigenvalue weighted by atomic mass is 32.1. The van der Waals surface area contributed by atoms with E-state index < -0.39 is 11.4 Å². The molecular formula is C13H22N2O2S. The lowest BCUT2D eigenvalue weighted by molar-refractivity contribution is -0.148. The van der Waals surface area contributed by atoms with E-state index >= 15 is 0 Å². The highest BCUT2D eigenvalue weighted by molar-refractivity contribution is 7.09. The first-order chi connectivity index (χ1) is 8.25. The second-order valence-electron chi connectivity index (χ2n) is 5.70. The molecule has 0 aromatic carbocycles. The zero-order valence-corrected chi connectivity index (χ0v) is 12.3. The van der Waals surface area contributed by atoms with E-state index in [1.807, 2.05) is 12.3 Å². The van der Waals surface area contributed by atoms with Gasteiger partial charge in [-0.05, 0) is 6.42 Å². The zero-order chi connectivity index (χ0) is 14.0. The molecule has 5 heteroatoms. The fourth-order valence-corrected chi connectivity index (χ4v) is 2.85. The van der Waals surface area contributed by atoms with E-state index in [0.29, 0.717) is 12.8 Å². The fourth-order valence-electron chi connectivity index (χ4n) is 1.68. The molecule has 0 saturated heterocycles. The van der Waals surface area contributed by atoms with Crippen LogP contribution in [0.4, 0.5) is 0 Å². The van der Waals surface area contributed by atoms with Gasteiger partial charge in [0.15, 0.2) is 0 Å². The van der Waals surface area contributed by atoms with Crippen molar-refractivity contribution in [3.63, 3.8) is 0 Å². The van der Waals surface area contributed by atoms with Crippen LogP contribution in [-0.4, -0.2) is 22.6 Å². The van der Waals surface area contributed by atoms with Crippen LogP contribution in [0.3, 0.4) is 0 Å². The molecule has 3 N–H and O–H groups in total. The van der Waals surface area contributed by atoms with E-state index in [-0.39, 0.29) is 12.0 Å². The lowest BCUT2D eigenvalue weighted by Crippen LogP contribution is -2.40. The van der Waals surface area contributed by atoms with Crippen LogP contribution >= 0.6 is 11.3 Å². The zero-order valence-electron chi connectivity index (χ0n) is 11.5. The van der Waals surface area contributed by atoms with E-state index in [9.17, 15) is 9.90 Å². The van der Waals surface area contributed by atoms with Crippen molar-refractivity contribution in [1.29, 1.82) is 0 Å². The number of nitrogens with two attached hydrogens (primary N) is 1. The molecule has 1 atom stereocenters. The van der Waals surface area contributed by atoms with Crippen molar-refractivity contribution >= 4 is 17.3 Å². The quantitative estimate of drug-likeness (QED) is 0.861. The highest BCUT2D eigenvalue weighted by Gasteiger charge is 2.36. The summed E-state index contributed by atoms with van der Waals surface area (Å²) in [7, 11) is 0. The lowest BCUT2D eigenvalue weighted by atomic mass is 9.82. The van der Waals surface area contributed by atoms with Crippen LogP contribution in [0.15, 0.2) is 5.38 Å². The van der Waals surface area contributed by atoms with Crippen molar-refractivity contribution in [3.05, 3.63) is 16.1 Å². The number of thiazole rings is 1. The van der Waals surface area contributed by atoms with Crippen molar-refractivity contribution in [2.75, 3.05) is 6.54 Å². The van der Waals surface area contributed by atoms with Crippen LogP contribution in [0.5, 0.6) is 0 Å². The predicted octanol–water partition coefficient (Wildman–Crippen LogP) is 2.42. The number of rotatable bonds is 5. The molecule has 0 aliphatic rings. The molecule has 18 heavy (non-hydrogen) atoms. The van der Waals surface area contributed by atoms with Crippen LogP contribution in [-0.2, 0) is 16.6 Å². The summed E-state index contributed by atoms with van der Waals surface area (Å²) in [5.74, 6) is -0.833. The summed E-state index contributed by atoms with van der Waals surface area (Å²) < 4.78 is 0. The van der Waals surface area contributed by atoms with Gasteiger partial charge < -0.3 is 10.8 Å². The van der Waals surface area contributed by atoms with Gasteiger partial charge in [0, 0.05) is 23.8 Å². The summed E-state index contributed by atoms with van der Waals surface area (Å²) in [6.07, 6.45) is 0.930. The number of aliphatic carboxylic acids is 1. The van der Waals surface area contributed by atoms with Crippen LogP contribution in [0.25, 0.3) is 0 Å². The minimum absolute atomic E-state index is 0.00440.